The molecule has 2 nitrogen and oxygen atoms in total. The number of aliphatic hydroxyl groups is 2. The molecule has 0 radical (unpaired) electrons. The van der Waals surface area contributed by atoms with Gasteiger partial charge in [0.05, 0.1) is 0 Å². The minimum atomic E-state index is -5.59. The van der Waals surface area contributed by atoms with Crippen molar-refractivity contribution in [2.75, 3.05) is 0 Å². The average Bonchev–Trinajstić information content (AvgIpc) is 1.99. The lowest BCUT2D eigenvalue weighted by Gasteiger charge is -2.26. The lowest BCUT2D eigenvalue weighted by Crippen LogP contribution is -2.52. The van der Waals surface area contributed by atoms with E-state index in [2.05, 4.69) is 0 Å². The van der Waals surface area contributed by atoms with E-state index in [1.54, 1.807) is 0 Å². The fourth-order valence-electron chi connectivity index (χ4n) is 0.519. The molecule has 0 fully saturated rings. The van der Waals surface area contributed by atoms with Crippen LogP contribution in [0.5, 0.6) is 0 Å². The van der Waals surface area contributed by atoms with Crippen molar-refractivity contribution < 1.29 is 40.9 Å². The van der Waals surface area contributed by atoms with E-state index >= 15 is 0 Å². The van der Waals surface area contributed by atoms with Crippen LogP contribution in [0.1, 0.15) is 0 Å². The molecule has 2 unspecified atom stereocenters. The number of hydrogen-bond acceptors (Lipinski definition) is 2. The van der Waals surface area contributed by atoms with Gasteiger partial charge in [0.25, 0.3) is 0 Å². The quantitative estimate of drug-likeness (QED) is 0.714. The van der Waals surface area contributed by atoms with E-state index in [4.69, 9.17) is 10.2 Å². The second-order valence-electron chi connectivity index (χ2n) is 2.41. The van der Waals surface area contributed by atoms with E-state index in [-0.39, 0.29) is 0 Å². The van der Waals surface area contributed by atoms with E-state index in [1.165, 1.54) is 0 Å². The van der Waals surface area contributed by atoms with E-state index in [1.807, 2.05) is 0 Å². The molecule has 0 saturated heterocycles. The second kappa shape index (κ2) is 3.89. The molecule has 0 aromatic heterocycles. The molecule has 14 heavy (non-hydrogen) atoms. The molecular formula is C5H5F7O2. The van der Waals surface area contributed by atoms with Gasteiger partial charge in [0.1, 0.15) is 0 Å². The van der Waals surface area contributed by atoms with Gasteiger partial charge in [-0.15, -0.1) is 0 Å². The summed E-state index contributed by atoms with van der Waals surface area (Å²) in [6.45, 7) is 0. The summed E-state index contributed by atoms with van der Waals surface area (Å²) < 4.78 is 81.5. The van der Waals surface area contributed by atoms with Crippen LogP contribution in [0.2, 0.25) is 0 Å². The standard InChI is InChI=1S/C5H5F7O2/c6-3(7)4(8,9)1(13)2(14)5(10,11)12/h1-3,13-14H. The zero-order valence-corrected chi connectivity index (χ0v) is 6.27. The van der Waals surface area contributed by atoms with Crippen LogP contribution >= 0.6 is 0 Å². The van der Waals surface area contributed by atoms with Crippen molar-refractivity contribution >= 4 is 0 Å². The first-order valence-electron chi connectivity index (χ1n) is 3.10. The SMILES string of the molecule is OC(C(O)C(F)(F)C(F)F)C(F)(F)F. The smallest absolute Gasteiger partial charge is 0.384 e. The van der Waals surface area contributed by atoms with Crippen molar-refractivity contribution in [3.8, 4) is 0 Å². The minimum absolute atomic E-state index is 3.89. The Bertz CT molecular complexity index is 189. The van der Waals surface area contributed by atoms with Crippen molar-refractivity contribution in [2.24, 2.45) is 0 Å². The molecule has 9 heteroatoms. The molecule has 0 aromatic carbocycles. The summed E-state index contributed by atoms with van der Waals surface area (Å²) in [4.78, 5) is 0. The maximum Gasteiger partial charge on any atom is 0.417 e. The van der Waals surface area contributed by atoms with E-state index < -0.39 is 30.7 Å². The lowest BCUT2D eigenvalue weighted by molar-refractivity contribution is -0.283. The molecule has 0 aromatic rings. The van der Waals surface area contributed by atoms with Crippen LogP contribution in [0, 0.1) is 0 Å². The maximum atomic E-state index is 12.1. The van der Waals surface area contributed by atoms with Crippen molar-refractivity contribution in [3.63, 3.8) is 0 Å². The third-order valence-corrected chi connectivity index (χ3v) is 1.32. The number of aliphatic hydroxyl groups excluding tert-OH is 2. The predicted octanol–water partition coefficient (Wildman–Crippen LogP) is 1.17. The Labute approximate surface area is 72.9 Å². The number of halogens is 7. The van der Waals surface area contributed by atoms with Gasteiger partial charge in [0.15, 0.2) is 12.2 Å². The first-order chi connectivity index (χ1) is 6.01. The lowest BCUT2D eigenvalue weighted by atomic mass is 10.1. The van der Waals surface area contributed by atoms with Crippen LogP contribution in [-0.2, 0) is 0 Å². The Morgan fingerprint density at radius 2 is 1.14 bits per heavy atom. The molecule has 0 spiro atoms. The van der Waals surface area contributed by atoms with Crippen LogP contribution in [0.3, 0.4) is 0 Å². The van der Waals surface area contributed by atoms with Crippen LogP contribution in [0.25, 0.3) is 0 Å². The van der Waals surface area contributed by atoms with Gasteiger partial charge in [0, 0.05) is 0 Å². The molecule has 2 atom stereocenters. The van der Waals surface area contributed by atoms with Crippen molar-refractivity contribution in [1.82, 2.24) is 0 Å². The second-order valence-corrected chi connectivity index (χ2v) is 2.41. The van der Waals surface area contributed by atoms with Crippen molar-refractivity contribution in [2.45, 2.75) is 30.7 Å². The molecule has 0 saturated carbocycles. The molecule has 86 valence electrons. The van der Waals surface area contributed by atoms with E-state index in [9.17, 15) is 30.7 Å². The van der Waals surface area contributed by atoms with Gasteiger partial charge in [-0.25, -0.2) is 8.78 Å². The molecule has 0 bridgehead atoms. The van der Waals surface area contributed by atoms with Crippen LogP contribution in [0.15, 0.2) is 0 Å². The highest BCUT2D eigenvalue weighted by molar-refractivity contribution is 4.87. The normalized spacial score (nSPS) is 18.4. The summed E-state index contributed by atoms with van der Waals surface area (Å²) in [5.41, 5.74) is 0. The Kier molecular flexibility index (Phi) is 3.73. The van der Waals surface area contributed by atoms with Crippen LogP contribution in [-0.4, -0.2) is 40.9 Å². The molecule has 0 aliphatic heterocycles. The Balaban J connectivity index is 4.70. The first-order valence-corrected chi connectivity index (χ1v) is 3.10. The molecule has 2 N–H and O–H groups in total. The zero-order valence-electron chi connectivity index (χ0n) is 6.27. The van der Waals surface area contributed by atoms with Crippen LogP contribution < -0.4 is 0 Å². The Morgan fingerprint density at radius 3 is 1.36 bits per heavy atom. The first kappa shape index (κ1) is 13.4. The summed E-state index contributed by atoms with van der Waals surface area (Å²) in [6, 6.07) is 0. The molecular weight excluding hydrogens is 225 g/mol. The monoisotopic (exact) mass is 230 g/mol. The predicted molar refractivity (Wildman–Crippen MR) is 29.0 cm³/mol. The average molecular weight is 230 g/mol. The molecule has 0 amide bonds. The molecule has 0 aliphatic carbocycles. The summed E-state index contributed by atoms with van der Waals surface area (Å²) in [5, 5.41) is 16.2. The maximum absolute atomic E-state index is 12.1. The summed E-state index contributed by atoms with van der Waals surface area (Å²) >= 11 is 0. The third-order valence-electron chi connectivity index (χ3n) is 1.32. The third kappa shape index (κ3) is 2.71. The fraction of sp³-hybridized carbons (Fsp3) is 1.00. The zero-order chi connectivity index (χ0) is 11.7. The fourth-order valence-corrected chi connectivity index (χ4v) is 0.519. The number of rotatable bonds is 3. The van der Waals surface area contributed by atoms with Gasteiger partial charge < -0.3 is 10.2 Å². The topological polar surface area (TPSA) is 40.5 Å². The largest absolute Gasteiger partial charge is 0.417 e. The highest BCUT2D eigenvalue weighted by Gasteiger charge is 2.58. The highest BCUT2D eigenvalue weighted by Crippen LogP contribution is 2.33. The highest BCUT2D eigenvalue weighted by atomic mass is 19.4. The molecule has 0 aliphatic rings. The minimum Gasteiger partial charge on any atom is -0.384 e. The summed E-state index contributed by atoms with van der Waals surface area (Å²) in [5.74, 6) is -5.31. The van der Waals surface area contributed by atoms with Gasteiger partial charge in [-0.2, -0.15) is 22.0 Å². The van der Waals surface area contributed by atoms with E-state index in [0.29, 0.717) is 0 Å². The van der Waals surface area contributed by atoms with E-state index in [0.717, 1.165) is 0 Å². The summed E-state index contributed by atoms with van der Waals surface area (Å²) in [7, 11) is 0. The Hall–Kier alpha value is -0.570. The molecule has 0 rings (SSSR count). The van der Waals surface area contributed by atoms with Gasteiger partial charge in [-0.1, -0.05) is 0 Å². The van der Waals surface area contributed by atoms with Gasteiger partial charge >= 0.3 is 18.5 Å². The Morgan fingerprint density at radius 1 is 0.786 bits per heavy atom. The summed E-state index contributed by atoms with van der Waals surface area (Å²) in [6.07, 6.45) is -17.9. The van der Waals surface area contributed by atoms with Gasteiger partial charge in [-0.05, 0) is 0 Å². The van der Waals surface area contributed by atoms with Crippen molar-refractivity contribution in [1.29, 1.82) is 0 Å². The number of alkyl halides is 7. The number of hydrogen-bond donors (Lipinski definition) is 2. The molecule has 0 heterocycles. The van der Waals surface area contributed by atoms with Crippen molar-refractivity contribution in [3.05, 3.63) is 0 Å². The van der Waals surface area contributed by atoms with Gasteiger partial charge in [0.2, 0.25) is 0 Å². The van der Waals surface area contributed by atoms with Crippen LogP contribution in [0.4, 0.5) is 30.7 Å². The van der Waals surface area contributed by atoms with Gasteiger partial charge in [-0.3, -0.25) is 0 Å².